The van der Waals surface area contributed by atoms with Crippen LogP contribution in [-0.2, 0) is 6.61 Å². The maximum atomic E-state index is 11.1. The van der Waals surface area contributed by atoms with E-state index in [0.29, 0.717) is 12.4 Å². The molecular weight excluding hydrogens is 240 g/mol. The van der Waals surface area contributed by atoms with Crippen LogP contribution in [0.4, 0.5) is 0 Å². The van der Waals surface area contributed by atoms with Crippen LogP contribution in [0.25, 0.3) is 0 Å². The molecule has 0 aliphatic heterocycles. The molecule has 1 N–H and O–H groups in total. The van der Waals surface area contributed by atoms with E-state index in [0.717, 1.165) is 16.7 Å². The number of hydrogen-bond donors (Lipinski definition) is 1. The van der Waals surface area contributed by atoms with Gasteiger partial charge < -0.3 is 9.84 Å². The lowest BCUT2D eigenvalue weighted by atomic mass is 10.0. The molecule has 98 valence electrons. The molecule has 0 fully saturated rings. The molecule has 3 nitrogen and oxygen atoms in total. The number of aromatic carboxylic acids is 1. The van der Waals surface area contributed by atoms with E-state index < -0.39 is 5.97 Å². The number of carboxylic acids is 1. The topological polar surface area (TPSA) is 46.5 Å². The van der Waals surface area contributed by atoms with Crippen LogP contribution in [0.3, 0.4) is 0 Å². The largest absolute Gasteiger partial charge is 0.489 e. The van der Waals surface area contributed by atoms with Crippen molar-refractivity contribution in [1.29, 1.82) is 0 Å². The second-order valence-electron chi connectivity index (χ2n) is 4.51. The molecule has 0 radical (unpaired) electrons. The van der Waals surface area contributed by atoms with Crippen molar-refractivity contribution in [1.82, 2.24) is 0 Å². The van der Waals surface area contributed by atoms with Crippen molar-refractivity contribution >= 4 is 5.97 Å². The highest BCUT2D eigenvalue weighted by Crippen LogP contribution is 2.24. The Bertz CT molecular complexity index is 588. The van der Waals surface area contributed by atoms with Crippen molar-refractivity contribution in [2.75, 3.05) is 0 Å². The number of carbonyl (C=O) groups is 1. The van der Waals surface area contributed by atoms with E-state index in [1.807, 2.05) is 43.3 Å². The average molecular weight is 256 g/mol. The summed E-state index contributed by atoms with van der Waals surface area (Å²) in [5.41, 5.74) is 3.03. The minimum atomic E-state index is -0.929. The van der Waals surface area contributed by atoms with Gasteiger partial charge in [0, 0.05) is 0 Å². The van der Waals surface area contributed by atoms with E-state index in [9.17, 15) is 4.79 Å². The maximum absolute atomic E-state index is 11.1. The van der Waals surface area contributed by atoms with E-state index >= 15 is 0 Å². The monoisotopic (exact) mass is 256 g/mol. The molecule has 2 rings (SSSR count). The van der Waals surface area contributed by atoms with Crippen LogP contribution in [-0.4, -0.2) is 11.1 Å². The van der Waals surface area contributed by atoms with Gasteiger partial charge in [-0.05, 0) is 36.6 Å². The van der Waals surface area contributed by atoms with E-state index in [1.54, 1.807) is 13.0 Å². The molecule has 0 unspecified atom stereocenters. The predicted molar refractivity (Wildman–Crippen MR) is 73.6 cm³/mol. The molecule has 2 aromatic carbocycles. The number of ether oxygens (including phenoxy) is 1. The van der Waals surface area contributed by atoms with Gasteiger partial charge in [0.1, 0.15) is 12.4 Å². The van der Waals surface area contributed by atoms with Gasteiger partial charge in [0.05, 0.1) is 5.56 Å². The molecule has 0 aliphatic rings. The van der Waals surface area contributed by atoms with Gasteiger partial charge >= 0.3 is 5.97 Å². The Morgan fingerprint density at radius 2 is 1.79 bits per heavy atom. The summed E-state index contributed by atoms with van der Waals surface area (Å²) < 4.78 is 5.71. The Morgan fingerprint density at radius 1 is 1.11 bits per heavy atom. The van der Waals surface area contributed by atoms with Crippen molar-refractivity contribution in [2.45, 2.75) is 20.5 Å². The molecule has 0 spiro atoms. The van der Waals surface area contributed by atoms with Gasteiger partial charge in [0.15, 0.2) is 0 Å². The first-order valence-electron chi connectivity index (χ1n) is 6.09. The summed E-state index contributed by atoms with van der Waals surface area (Å²) >= 11 is 0. The number of aryl methyl sites for hydroxylation is 2. The number of carboxylic acid groups (broad SMARTS) is 1. The fourth-order valence-corrected chi connectivity index (χ4v) is 1.95. The van der Waals surface area contributed by atoms with Crippen LogP contribution < -0.4 is 4.74 Å². The number of hydrogen-bond acceptors (Lipinski definition) is 2. The molecule has 0 bridgehead atoms. The zero-order chi connectivity index (χ0) is 13.8. The van der Waals surface area contributed by atoms with Gasteiger partial charge in [-0.25, -0.2) is 4.79 Å². The third kappa shape index (κ3) is 3.13. The molecule has 0 atom stereocenters. The lowest BCUT2D eigenvalue weighted by Gasteiger charge is -2.11. The van der Waals surface area contributed by atoms with Crippen LogP contribution in [0.2, 0.25) is 0 Å². The Kier molecular flexibility index (Phi) is 3.85. The third-order valence-electron chi connectivity index (χ3n) is 2.99. The molecule has 0 amide bonds. The molecule has 0 saturated carbocycles. The normalized spacial score (nSPS) is 10.2. The van der Waals surface area contributed by atoms with Crippen LogP contribution in [0.15, 0.2) is 42.5 Å². The van der Waals surface area contributed by atoms with E-state index in [-0.39, 0.29) is 5.56 Å². The summed E-state index contributed by atoms with van der Waals surface area (Å²) in [6.07, 6.45) is 0. The first-order chi connectivity index (χ1) is 9.08. The Hall–Kier alpha value is -2.29. The van der Waals surface area contributed by atoms with Gasteiger partial charge in [-0.15, -0.1) is 0 Å². The molecule has 0 saturated heterocycles. The molecule has 0 aromatic heterocycles. The molecule has 19 heavy (non-hydrogen) atoms. The van der Waals surface area contributed by atoms with Gasteiger partial charge in [0.25, 0.3) is 0 Å². The highest BCUT2D eigenvalue weighted by atomic mass is 16.5. The average Bonchev–Trinajstić information content (AvgIpc) is 2.38. The first-order valence-corrected chi connectivity index (χ1v) is 6.09. The minimum absolute atomic E-state index is 0.286. The standard InChI is InChI=1S/C16H16O3/c1-11-8-12(2)15(9-14(11)16(17)18)19-10-13-6-4-3-5-7-13/h3-9H,10H2,1-2H3,(H,17,18). The minimum Gasteiger partial charge on any atom is -0.489 e. The van der Waals surface area contributed by atoms with Crippen molar-refractivity contribution in [3.05, 3.63) is 64.7 Å². The Balaban J connectivity index is 2.21. The Morgan fingerprint density at radius 3 is 2.42 bits per heavy atom. The lowest BCUT2D eigenvalue weighted by Crippen LogP contribution is -2.03. The van der Waals surface area contributed by atoms with Crippen LogP contribution >= 0.6 is 0 Å². The fraction of sp³-hybridized carbons (Fsp3) is 0.188. The molecule has 0 aliphatic carbocycles. The van der Waals surface area contributed by atoms with E-state index in [1.165, 1.54) is 0 Å². The summed E-state index contributed by atoms with van der Waals surface area (Å²) in [5.74, 6) is -0.311. The highest BCUT2D eigenvalue weighted by molar-refractivity contribution is 5.90. The van der Waals surface area contributed by atoms with E-state index in [4.69, 9.17) is 9.84 Å². The van der Waals surface area contributed by atoms with Crippen LogP contribution in [0.5, 0.6) is 5.75 Å². The van der Waals surface area contributed by atoms with Gasteiger partial charge in [-0.1, -0.05) is 36.4 Å². The third-order valence-corrected chi connectivity index (χ3v) is 2.99. The number of benzene rings is 2. The number of rotatable bonds is 4. The van der Waals surface area contributed by atoms with Gasteiger partial charge in [-0.2, -0.15) is 0 Å². The Labute approximate surface area is 112 Å². The molecule has 0 heterocycles. The summed E-state index contributed by atoms with van der Waals surface area (Å²) in [6.45, 7) is 4.14. The lowest BCUT2D eigenvalue weighted by molar-refractivity contribution is 0.0695. The second-order valence-corrected chi connectivity index (χ2v) is 4.51. The van der Waals surface area contributed by atoms with E-state index in [2.05, 4.69) is 0 Å². The summed E-state index contributed by atoms with van der Waals surface area (Å²) in [6, 6.07) is 13.2. The molecule has 3 heteroatoms. The van der Waals surface area contributed by atoms with Crippen molar-refractivity contribution in [2.24, 2.45) is 0 Å². The smallest absolute Gasteiger partial charge is 0.336 e. The SMILES string of the molecule is Cc1cc(C)c(C(=O)O)cc1OCc1ccccc1. The first kappa shape index (κ1) is 13.1. The zero-order valence-electron chi connectivity index (χ0n) is 11.0. The van der Waals surface area contributed by atoms with Crippen LogP contribution in [0.1, 0.15) is 27.0 Å². The summed E-state index contributed by atoms with van der Waals surface area (Å²) in [5, 5.41) is 9.11. The summed E-state index contributed by atoms with van der Waals surface area (Å²) in [4.78, 5) is 11.1. The van der Waals surface area contributed by atoms with Crippen LogP contribution in [0, 0.1) is 13.8 Å². The van der Waals surface area contributed by atoms with Crippen molar-refractivity contribution < 1.29 is 14.6 Å². The second kappa shape index (κ2) is 5.57. The van der Waals surface area contributed by atoms with Gasteiger partial charge in [-0.3, -0.25) is 0 Å². The predicted octanol–water partition coefficient (Wildman–Crippen LogP) is 3.58. The van der Waals surface area contributed by atoms with Crippen molar-refractivity contribution in [3.63, 3.8) is 0 Å². The molecule has 2 aromatic rings. The quantitative estimate of drug-likeness (QED) is 0.909. The summed E-state index contributed by atoms with van der Waals surface area (Å²) in [7, 11) is 0. The maximum Gasteiger partial charge on any atom is 0.336 e. The fourth-order valence-electron chi connectivity index (χ4n) is 1.95. The van der Waals surface area contributed by atoms with Gasteiger partial charge in [0.2, 0.25) is 0 Å². The highest BCUT2D eigenvalue weighted by Gasteiger charge is 2.11. The van der Waals surface area contributed by atoms with Crippen molar-refractivity contribution in [3.8, 4) is 5.75 Å². The molecular formula is C16H16O3. The zero-order valence-corrected chi connectivity index (χ0v) is 11.0.